The molecule has 3 aromatic rings. The van der Waals surface area contributed by atoms with Crippen LogP contribution in [0.2, 0.25) is 18.1 Å². The van der Waals surface area contributed by atoms with Crippen molar-refractivity contribution in [1.29, 1.82) is 0 Å². The third-order valence-electron chi connectivity index (χ3n) is 5.89. The van der Waals surface area contributed by atoms with Crippen molar-refractivity contribution in [3.63, 3.8) is 0 Å². The second-order valence-corrected chi connectivity index (χ2v) is 16.0. The summed E-state index contributed by atoms with van der Waals surface area (Å²) in [6.45, 7) is 15.9. The highest BCUT2D eigenvalue weighted by Crippen LogP contribution is 2.54. The van der Waals surface area contributed by atoms with E-state index in [1.165, 1.54) is 31.6 Å². The van der Waals surface area contributed by atoms with Crippen molar-refractivity contribution in [2.24, 2.45) is 0 Å². The highest BCUT2D eigenvalue weighted by molar-refractivity contribution is 7.21. The Balaban J connectivity index is 1.93. The molecule has 1 aliphatic rings. The van der Waals surface area contributed by atoms with E-state index in [-0.39, 0.29) is 5.41 Å². The third-order valence-corrected chi connectivity index (χ3v) is 12.0. The number of thiophene rings is 2. The van der Waals surface area contributed by atoms with Gasteiger partial charge >= 0.3 is 0 Å². The maximum atomic E-state index is 6.81. The summed E-state index contributed by atoms with van der Waals surface area (Å²) in [6, 6.07) is 9.10. The molecule has 0 unspecified atom stereocenters. The summed E-state index contributed by atoms with van der Waals surface area (Å²) in [5, 5.41) is 6.48. The summed E-state index contributed by atoms with van der Waals surface area (Å²) in [7, 11) is -2.04. The van der Waals surface area contributed by atoms with Gasteiger partial charge in [0.05, 0.1) is 13.1 Å². The van der Waals surface area contributed by atoms with Crippen LogP contribution in [0, 0.1) is 0 Å². The van der Waals surface area contributed by atoms with E-state index in [1.54, 1.807) is 6.08 Å². The van der Waals surface area contributed by atoms with Crippen LogP contribution in [0.4, 0.5) is 0 Å². The first-order valence-electron chi connectivity index (χ1n) is 9.89. The fraction of sp³-hybridized carbons (Fsp3) is 0.333. The van der Waals surface area contributed by atoms with E-state index in [0.29, 0.717) is 17.2 Å². The Morgan fingerprint density at radius 1 is 1.10 bits per heavy atom. The molecule has 29 heavy (non-hydrogen) atoms. The van der Waals surface area contributed by atoms with E-state index in [0.717, 1.165) is 5.75 Å². The van der Waals surface area contributed by atoms with Crippen LogP contribution in [0.1, 0.15) is 43.0 Å². The first-order valence-corrected chi connectivity index (χ1v) is 15.1. The first-order chi connectivity index (χ1) is 13.7. The molecule has 152 valence electrons. The summed E-state index contributed by atoms with van der Waals surface area (Å²) >= 11 is 10.5. The number of benzene rings is 1. The van der Waals surface area contributed by atoms with Crippen LogP contribution < -0.4 is 9.92 Å². The number of hydrogen-bond acceptors (Lipinski definition) is 3. The second kappa shape index (κ2) is 7.42. The monoisotopic (exact) mass is 458 g/mol. The number of hydrogen-bond donors (Lipinski definition) is 0. The molecule has 0 aliphatic heterocycles. The molecule has 0 spiro atoms. The highest BCUT2D eigenvalue weighted by atomic mass is 35.5. The lowest BCUT2D eigenvalue weighted by molar-refractivity contribution is 0.366. The van der Waals surface area contributed by atoms with Gasteiger partial charge in [0.2, 0.25) is 0 Å². The average Bonchev–Trinajstić information content (AvgIpc) is 3.32. The fourth-order valence-electron chi connectivity index (χ4n) is 4.36. The molecule has 1 nitrogen and oxygen atoms in total. The Morgan fingerprint density at radius 2 is 1.69 bits per heavy atom. The second-order valence-electron chi connectivity index (χ2n) is 9.25. The third kappa shape index (κ3) is 3.44. The minimum atomic E-state index is -2.04. The van der Waals surface area contributed by atoms with Crippen molar-refractivity contribution in [1.82, 2.24) is 0 Å². The molecule has 2 aromatic heterocycles. The van der Waals surface area contributed by atoms with Gasteiger partial charge in [-0.2, -0.15) is 0 Å². The van der Waals surface area contributed by atoms with Gasteiger partial charge in [0.15, 0.2) is 0 Å². The lowest BCUT2D eigenvalue weighted by atomic mass is 9.87. The van der Waals surface area contributed by atoms with Crippen LogP contribution in [0.5, 0.6) is 5.75 Å². The van der Waals surface area contributed by atoms with Crippen molar-refractivity contribution in [2.75, 3.05) is 6.61 Å². The van der Waals surface area contributed by atoms with Gasteiger partial charge < -0.3 is 4.74 Å². The summed E-state index contributed by atoms with van der Waals surface area (Å²) in [5.41, 5.74) is 4.68. The molecular formula is C24H27ClOS2Si. The molecule has 0 atom stereocenters. The lowest BCUT2D eigenvalue weighted by Gasteiger charge is -2.34. The zero-order valence-corrected chi connectivity index (χ0v) is 21.0. The number of fused-ring (bicyclic) bond motifs is 3. The largest absolute Gasteiger partial charge is 0.488 e. The zero-order valence-electron chi connectivity index (χ0n) is 17.6. The molecule has 1 aliphatic carbocycles. The van der Waals surface area contributed by atoms with Gasteiger partial charge in [-0.05, 0) is 56.3 Å². The minimum absolute atomic E-state index is 0.0244. The van der Waals surface area contributed by atoms with E-state index >= 15 is 0 Å². The smallest absolute Gasteiger partial charge is 0.137 e. The molecule has 0 N–H and O–H groups in total. The van der Waals surface area contributed by atoms with Crippen LogP contribution in [-0.4, -0.2) is 14.7 Å². The Labute approximate surface area is 188 Å². The normalized spacial score (nSPS) is 14.0. The van der Waals surface area contributed by atoms with Crippen molar-refractivity contribution in [3.05, 3.63) is 69.4 Å². The molecule has 0 bridgehead atoms. The van der Waals surface area contributed by atoms with Crippen molar-refractivity contribution in [2.45, 2.75) is 44.8 Å². The zero-order chi connectivity index (χ0) is 21.0. The summed E-state index contributed by atoms with van der Waals surface area (Å²) in [5.74, 6) is 0.844. The van der Waals surface area contributed by atoms with Crippen LogP contribution in [0.15, 0.2) is 47.7 Å². The molecule has 5 heteroatoms. The molecule has 4 rings (SSSR count). The fourth-order valence-corrected chi connectivity index (χ4v) is 10.7. The predicted molar refractivity (Wildman–Crippen MR) is 132 cm³/mol. The molecule has 0 saturated heterocycles. The Bertz CT molecular complexity index is 1030. The number of rotatable bonds is 5. The van der Waals surface area contributed by atoms with Gasteiger partial charge in [-0.1, -0.05) is 64.2 Å². The van der Waals surface area contributed by atoms with E-state index < -0.39 is 8.07 Å². The molecule has 0 fully saturated rings. The van der Waals surface area contributed by atoms with E-state index in [4.69, 9.17) is 16.3 Å². The predicted octanol–water partition coefficient (Wildman–Crippen LogP) is 7.59. The van der Waals surface area contributed by atoms with Gasteiger partial charge in [0, 0.05) is 15.3 Å². The molecule has 0 saturated carbocycles. The number of ether oxygens (including phenoxy) is 1. The summed E-state index contributed by atoms with van der Waals surface area (Å²) in [6.07, 6.45) is 1.79. The van der Waals surface area contributed by atoms with Crippen molar-refractivity contribution >= 4 is 47.5 Å². The van der Waals surface area contributed by atoms with Crippen molar-refractivity contribution in [3.8, 4) is 15.5 Å². The standard InChI is InChI=1S/C24H27ClOS2Si/c1-7-10-26-20-18(25)13-15(24(2,3)4)14-19(20)29(5,6)23-16-8-11-27-21(16)22-17(23)9-12-28-22/h7-9,11-14,23H,1,10H2,2-6H3. The number of halogens is 1. The van der Waals surface area contributed by atoms with Gasteiger partial charge in [0.25, 0.3) is 0 Å². The van der Waals surface area contributed by atoms with E-state index in [2.05, 4.69) is 75.5 Å². The van der Waals surface area contributed by atoms with Crippen LogP contribution >= 0.6 is 34.3 Å². The van der Waals surface area contributed by atoms with Crippen LogP contribution in [0.3, 0.4) is 0 Å². The van der Waals surface area contributed by atoms with E-state index in [1.807, 2.05) is 22.7 Å². The maximum absolute atomic E-state index is 6.81. The lowest BCUT2D eigenvalue weighted by Crippen LogP contribution is -2.48. The van der Waals surface area contributed by atoms with Gasteiger partial charge in [0.1, 0.15) is 12.4 Å². The van der Waals surface area contributed by atoms with Crippen LogP contribution in [-0.2, 0) is 5.41 Å². The summed E-state index contributed by atoms with van der Waals surface area (Å²) < 4.78 is 6.16. The topological polar surface area (TPSA) is 9.23 Å². The SMILES string of the molecule is C=CCOc1c(Cl)cc(C(C)(C)C)cc1[Si](C)(C)C1c2ccsc2-c2sccc21. The highest BCUT2D eigenvalue weighted by Gasteiger charge is 2.45. The Hall–Kier alpha value is -1.33. The quantitative estimate of drug-likeness (QED) is 0.282. The van der Waals surface area contributed by atoms with Crippen LogP contribution in [0.25, 0.3) is 9.75 Å². The summed E-state index contributed by atoms with van der Waals surface area (Å²) in [4.78, 5) is 2.90. The van der Waals surface area contributed by atoms with E-state index in [9.17, 15) is 0 Å². The van der Waals surface area contributed by atoms with Crippen molar-refractivity contribution < 1.29 is 4.74 Å². The average molecular weight is 459 g/mol. The molecule has 1 aromatic carbocycles. The molecule has 0 amide bonds. The van der Waals surface area contributed by atoms with Gasteiger partial charge in [-0.25, -0.2) is 0 Å². The maximum Gasteiger partial charge on any atom is 0.137 e. The Kier molecular flexibility index (Phi) is 5.35. The molecular weight excluding hydrogens is 432 g/mol. The van der Waals surface area contributed by atoms with Gasteiger partial charge in [-0.3, -0.25) is 0 Å². The Morgan fingerprint density at radius 3 is 2.21 bits per heavy atom. The first kappa shape index (κ1) is 20.9. The minimum Gasteiger partial charge on any atom is -0.488 e. The molecule has 2 heterocycles. The van der Waals surface area contributed by atoms with Gasteiger partial charge in [-0.15, -0.1) is 22.7 Å². The molecule has 0 radical (unpaired) electrons.